The van der Waals surface area contributed by atoms with Gasteiger partial charge in [0.1, 0.15) is 18.1 Å². The van der Waals surface area contributed by atoms with Crippen molar-refractivity contribution in [3.05, 3.63) is 29.8 Å². The van der Waals surface area contributed by atoms with E-state index >= 15 is 0 Å². The van der Waals surface area contributed by atoms with Gasteiger partial charge in [0, 0.05) is 18.7 Å². The predicted molar refractivity (Wildman–Crippen MR) is 63.0 cm³/mol. The van der Waals surface area contributed by atoms with Gasteiger partial charge in [0.15, 0.2) is 0 Å². The van der Waals surface area contributed by atoms with Gasteiger partial charge in [-0.3, -0.25) is 9.69 Å². The van der Waals surface area contributed by atoms with Gasteiger partial charge in [-0.05, 0) is 25.1 Å². The van der Waals surface area contributed by atoms with Gasteiger partial charge < -0.3 is 4.74 Å². The molecular formula is C13H17NO2. The van der Waals surface area contributed by atoms with Crippen LogP contribution in [0.3, 0.4) is 0 Å². The van der Waals surface area contributed by atoms with Crippen LogP contribution in [0.25, 0.3) is 0 Å². The third-order valence-electron chi connectivity index (χ3n) is 2.76. The molecule has 1 fully saturated rings. The lowest BCUT2D eigenvalue weighted by atomic mass is 10.1. The Morgan fingerprint density at radius 2 is 2.31 bits per heavy atom. The summed E-state index contributed by atoms with van der Waals surface area (Å²) >= 11 is 0. The Hall–Kier alpha value is -1.35. The minimum absolute atomic E-state index is 0.286. The third kappa shape index (κ3) is 2.61. The summed E-state index contributed by atoms with van der Waals surface area (Å²) in [6.07, 6.45) is 2.32. The van der Waals surface area contributed by atoms with Gasteiger partial charge >= 0.3 is 0 Å². The molecule has 2 rings (SSSR count). The van der Waals surface area contributed by atoms with E-state index in [0.717, 1.165) is 31.7 Å². The second-order valence-corrected chi connectivity index (χ2v) is 4.19. The molecule has 0 unspecified atom stereocenters. The van der Waals surface area contributed by atoms with E-state index in [4.69, 9.17) is 4.74 Å². The summed E-state index contributed by atoms with van der Waals surface area (Å²) in [4.78, 5) is 13.0. The fraction of sp³-hybridized carbons (Fsp3) is 0.462. The lowest BCUT2D eigenvalue weighted by molar-refractivity contribution is 0.0202. The molecule has 1 aromatic carbocycles. The Bertz CT molecular complexity index is 359. The average molecular weight is 219 g/mol. The highest BCUT2D eigenvalue weighted by atomic mass is 16.5. The van der Waals surface area contributed by atoms with Crippen LogP contribution in [0.5, 0.6) is 5.75 Å². The molecular weight excluding hydrogens is 202 g/mol. The number of ether oxygens (including phenoxy) is 1. The number of likely N-dealkylation sites (tertiary alicyclic amines) is 1. The highest BCUT2D eigenvalue weighted by Gasteiger charge is 2.27. The molecule has 0 spiro atoms. The normalized spacial score (nSPS) is 16.8. The van der Waals surface area contributed by atoms with Gasteiger partial charge in [0.25, 0.3) is 0 Å². The quantitative estimate of drug-likeness (QED) is 0.709. The van der Waals surface area contributed by atoms with E-state index in [2.05, 4.69) is 11.8 Å². The number of nitrogens with zero attached hydrogens (tertiary/aromatic N) is 1. The molecule has 0 atom stereocenters. The van der Waals surface area contributed by atoms with Crippen LogP contribution in [-0.2, 0) is 0 Å². The van der Waals surface area contributed by atoms with Crippen LogP contribution in [-0.4, -0.2) is 36.9 Å². The van der Waals surface area contributed by atoms with Crippen molar-refractivity contribution in [2.75, 3.05) is 19.6 Å². The molecule has 1 aliphatic heterocycles. The number of benzene rings is 1. The molecule has 3 heteroatoms. The number of aldehydes is 1. The zero-order valence-electron chi connectivity index (χ0n) is 9.56. The van der Waals surface area contributed by atoms with E-state index in [-0.39, 0.29) is 6.10 Å². The smallest absolute Gasteiger partial charge is 0.150 e. The summed E-state index contributed by atoms with van der Waals surface area (Å²) in [6.45, 7) is 5.33. The first-order chi connectivity index (χ1) is 7.81. The third-order valence-corrected chi connectivity index (χ3v) is 2.76. The average Bonchev–Trinajstić information content (AvgIpc) is 2.27. The van der Waals surface area contributed by atoms with Crippen molar-refractivity contribution in [1.29, 1.82) is 0 Å². The van der Waals surface area contributed by atoms with Gasteiger partial charge in [0.05, 0.1) is 0 Å². The van der Waals surface area contributed by atoms with Crippen molar-refractivity contribution in [1.82, 2.24) is 4.90 Å². The van der Waals surface area contributed by atoms with Gasteiger partial charge in [-0.15, -0.1) is 0 Å². The first kappa shape index (κ1) is 11.1. The zero-order valence-corrected chi connectivity index (χ0v) is 9.56. The van der Waals surface area contributed by atoms with Gasteiger partial charge in [-0.1, -0.05) is 19.1 Å². The molecule has 0 bridgehead atoms. The van der Waals surface area contributed by atoms with Crippen LogP contribution in [0, 0.1) is 0 Å². The van der Waals surface area contributed by atoms with Crippen molar-refractivity contribution in [3.8, 4) is 5.75 Å². The van der Waals surface area contributed by atoms with E-state index in [1.54, 1.807) is 12.1 Å². The first-order valence-corrected chi connectivity index (χ1v) is 5.76. The number of carbonyl (C=O) groups is 1. The monoisotopic (exact) mass is 219 g/mol. The molecule has 0 radical (unpaired) electrons. The summed E-state index contributed by atoms with van der Waals surface area (Å²) < 4.78 is 5.77. The number of hydrogen-bond donors (Lipinski definition) is 0. The molecule has 0 aliphatic carbocycles. The SMILES string of the molecule is CCCN1CC(Oc2cccc(C=O)c2)C1. The minimum atomic E-state index is 0.286. The molecule has 16 heavy (non-hydrogen) atoms. The molecule has 0 N–H and O–H groups in total. The second-order valence-electron chi connectivity index (χ2n) is 4.19. The van der Waals surface area contributed by atoms with Crippen LogP contribution in [0.4, 0.5) is 0 Å². The summed E-state index contributed by atoms with van der Waals surface area (Å²) in [5.74, 6) is 0.797. The first-order valence-electron chi connectivity index (χ1n) is 5.76. The Morgan fingerprint density at radius 1 is 1.50 bits per heavy atom. The zero-order chi connectivity index (χ0) is 11.4. The molecule has 0 aromatic heterocycles. The number of rotatable bonds is 5. The highest BCUT2D eigenvalue weighted by molar-refractivity contribution is 5.75. The van der Waals surface area contributed by atoms with Gasteiger partial charge in [-0.2, -0.15) is 0 Å². The standard InChI is InChI=1S/C13H17NO2/c1-2-6-14-8-13(9-14)16-12-5-3-4-11(7-12)10-15/h3-5,7,10,13H,2,6,8-9H2,1H3. The molecule has 1 saturated heterocycles. The van der Waals surface area contributed by atoms with Crippen molar-refractivity contribution in [2.45, 2.75) is 19.4 Å². The van der Waals surface area contributed by atoms with Crippen LogP contribution in [0.1, 0.15) is 23.7 Å². The fourth-order valence-electron chi connectivity index (χ4n) is 1.95. The summed E-state index contributed by atoms with van der Waals surface area (Å²) in [5.41, 5.74) is 0.669. The van der Waals surface area contributed by atoms with E-state index in [9.17, 15) is 4.79 Å². The summed E-state index contributed by atoms with van der Waals surface area (Å²) in [7, 11) is 0. The number of carbonyl (C=O) groups excluding carboxylic acids is 1. The van der Waals surface area contributed by atoms with Gasteiger partial charge in [-0.25, -0.2) is 0 Å². The Balaban J connectivity index is 1.84. The van der Waals surface area contributed by atoms with Crippen molar-refractivity contribution >= 4 is 6.29 Å². The maximum absolute atomic E-state index is 10.6. The van der Waals surface area contributed by atoms with Crippen LogP contribution < -0.4 is 4.74 Å². The van der Waals surface area contributed by atoms with Crippen molar-refractivity contribution in [2.24, 2.45) is 0 Å². The predicted octanol–water partition coefficient (Wildman–Crippen LogP) is 1.97. The molecule has 1 heterocycles. The molecule has 3 nitrogen and oxygen atoms in total. The second kappa shape index (κ2) is 5.12. The minimum Gasteiger partial charge on any atom is -0.488 e. The van der Waals surface area contributed by atoms with E-state index in [0.29, 0.717) is 5.56 Å². The number of hydrogen-bond acceptors (Lipinski definition) is 3. The van der Waals surface area contributed by atoms with Gasteiger partial charge in [0.2, 0.25) is 0 Å². The summed E-state index contributed by atoms with van der Waals surface area (Å²) in [5, 5.41) is 0. The van der Waals surface area contributed by atoms with E-state index in [1.165, 1.54) is 6.42 Å². The van der Waals surface area contributed by atoms with Crippen LogP contribution in [0.15, 0.2) is 24.3 Å². The molecule has 0 saturated carbocycles. The van der Waals surface area contributed by atoms with Crippen molar-refractivity contribution < 1.29 is 9.53 Å². The lowest BCUT2D eigenvalue weighted by Gasteiger charge is -2.38. The molecule has 0 amide bonds. The van der Waals surface area contributed by atoms with Crippen molar-refractivity contribution in [3.63, 3.8) is 0 Å². The Kier molecular flexibility index (Phi) is 3.57. The van der Waals surface area contributed by atoms with Crippen LogP contribution in [0.2, 0.25) is 0 Å². The largest absolute Gasteiger partial charge is 0.488 e. The highest BCUT2D eigenvalue weighted by Crippen LogP contribution is 2.18. The van der Waals surface area contributed by atoms with E-state index in [1.807, 2.05) is 12.1 Å². The van der Waals surface area contributed by atoms with E-state index < -0.39 is 0 Å². The maximum atomic E-state index is 10.6. The molecule has 1 aliphatic rings. The summed E-state index contributed by atoms with van der Waals surface area (Å²) in [6, 6.07) is 7.32. The Morgan fingerprint density at radius 3 is 3.00 bits per heavy atom. The maximum Gasteiger partial charge on any atom is 0.150 e. The molecule has 1 aromatic rings. The fourth-order valence-corrected chi connectivity index (χ4v) is 1.95. The van der Waals surface area contributed by atoms with Crippen LogP contribution >= 0.6 is 0 Å². The molecule has 86 valence electrons. The Labute approximate surface area is 96.0 Å². The topological polar surface area (TPSA) is 29.5 Å². The lowest BCUT2D eigenvalue weighted by Crippen LogP contribution is -2.53.